The number of hydrogen-bond donors (Lipinski definition) is 1. The number of alkyl halides is 3. The van der Waals surface area contributed by atoms with Crippen LogP contribution in [0.3, 0.4) is 0 Å². The summed E-state index contributed by atoms with van der Waals surface area (Å²) in [4.78, 5) is 15.4. The van der Waals surface area contributed by atoms with Crippen LogP contribution in [0.1, 0.15) is 36.5 Å². The summed E-state index contributed by atoms with van der Waals surface area (Å²) in [7, 11) is -5.72. The van der Waals surface area contributed by atoms with Crippen molar-refractivity contribution >= 4 is 15.9 Å². The zero-order valence-electron chi connectivity index (χ0n) is 11.4. The molecule has 0 spiro atoms. The number of carbonyl (C=O) groups is 1. The number of sulfonamides is 1. The van der Waals surface area contributed by atoms with Crippen molar-refractivity contribution in [2.24, 2.45) is 5.92 Å². The third-order valence-electron chi connectivity index (χ3n) is 2.55. The first-order valence-corrected chi connectivity index (χ1v) is 7.60. The second kappa shape index (κ2) is 6.42. The summed E-state index contributed by atoms with van der Waals surface area (Å²) in [5.41, 5.74) is -5.40. The third-order valence-corrected chi connectivity index (χ3v) is 3.61. The molecule has 0 fully saturated rings. The highest BCUT2D eigenvalue weighted by Gasteiger charge is 2.47. The topological polar surface area (TPSA) is 76.1 Å². The Kier molecular flexibility index (Phi) is 5.32. The summed E-state index contributed by atoms with van der Waals surface area (Å²) in [6, 6.07) is 4.22. The molecule has 118 valence electrons. The molecule has 0 unspecified atom stereocenters. The molecule has 0 aliphatic carbocycles. The lowest BCUT2D eigenvalue weighted by Crippen LogP contribution is -2.40. The normalized spacial score (nSPS) is 12.5. The third kappa shape index (κ3) is 5.00. The van der Waals surface area contributed by atoms with Gasteiger partial charge in [0, 0.05) is 5.69 Å². The highest BCUT2D eigenvalue weighted by atomic mass is 32.2. The van der Waals surface area contributed by atoms with E-state index in [2.05, 4.69) is 4.98 Å². The van der Waals surface area contributed by atoms with Crippen LogP contribution in [0.25, 0.3) is 0 Å². The fourth-order valence-corrected chi connectivity index (χ4v) is 1.88. The van der Waals surface area contributed by atoms with Crippen LogP contribution in [0.15, 0.2) is 18.2 Å². The number of pyridine rings is 1. The summed E-state index contributed by atoms with van der Waals surface area (Å²) < 4.78 is 59.2. The van der Waals surface area contributed by atoms with Gasteiger partial charge >= 0.3 is 15.5 Å². The Hall–Kier alpha value is -1.64. The van der Waals surface area contributed by atoms with Crippen molar-refractivity contribution in [3.8, 4) is 0 Å². The van der Waals surface area contributed by atoms with Crippen LogP contribution < -0.4 is 4.72 Å². The number of aromatic nitrogens is 1. The van der Waals surface area contributed by atoms with E-state index < -0.39 is 21.4 Å². The second-order valence-electron chi connectivity index (χ2n) is 4.83. The van der Waals surface area contributed by atoms with Crippen LogP contribution in [-0.4, -0.2) is 24.8 Å². The summed E-state index contributed by atoms with van der Waals surface area (Å²) in [6.07, 6.45) is 1.34. The van der Waals surface area contributed by atoms with Crippen LogP contribution in [0, 0.1) is 5.92 Å². The molecular weight excluding hydrogens is 309 g/mol. The Bertz CT molecular complexity index is 612. The molecule has 0 radical (unpaired) electrons. The molecule has 1 aromatic heterocycles. The molecular formula is C12H15F3N2O3S. The van der Waals surface area contributed by atoms with Gasteiger partial charge in [-0.25, -0.2) is 9.71 Å². The van der Waals surface area contributed by atoms with Gasteiger partial charge in [-0.15, -0.1) is 0 Å². The van der Waals surface area contributed by atoms with Crippen LogP contribution in [0.2, 0.25) is 0 Å². The molecule has 0 aliphatic rings. The molecule has 0 bridgehead atoms. The summed E-state index contributed by atoms with van der Waals surface area (Å²) in [5, 5.41) is 0. The molecule has 1 rings (SSSR count). The van der Waals surface area contributed by atoms with E-state index in [4.69, 9.17) is 0 Å². The Morgan fingerprint density at radius 3 is 2.48 bits per heavy atom. The highest BCUT2D eigenvalue weighted by Crippen LogP contribution is 2.21. The number of hydrogen-bond acceptors (Lipinski definition) is 4. The lowest BCUT2D eigenvalue weighted by molar-refractivity contribution is -0.0446. The first kappa shape index (κ1) is 17.4. The van der Waals surface area contributed by atoms with Gasteiger partial charge in [-0.1, -0.05) is 19.9 Å². The van der Waals surface area contributed by atoms with E-state index in [1.165, 1.54) is 6.07 Å². The number of aryl methyl sites for hydroxylation is 1. The standard InChI is InChI=1S/C12H15F3N2O3S/c1-8(2)6-7-9-4-3-5-10(16-9)11(18)17-21(19,20)12(13,14)15/h3-5,8H,6-7H2,1-2H3,(H,17,18). The van der Waals surface area contributed by atoms with E-state index in [0.717, 1.165) is 17.2 Å². The zero-order chi connectivity index (χ0) is 16.3. The van der Waals surface area contributed by atoms with E-state index in [9.17, 15) is 26.4 Å². The van der Waals surface area contributed by atoms with Gasteiger partial charge in [-0.05, 0) is 30.9 Å². The van der Waals surface area contributed by atoms with Gasteiger partial charge in [0.25, 0.3) is 5.91 Å². The van der Waals surface area contributed by atoms with Crippen molar-refractivity contribution in [1.29, 1.82) is 0 Å². The molecule has 1 N–H and O–H groups in total. The summed E-state index contributed by atoms with van der Waals surface area (Å²) in [6.45, 7) is 3.99. The number of amides is 1. The van der Waals surface area contributed by atoms with E-state index in [1.807, 2.05) is 13.8 Å². The molecule has 0 aromatic carbocycles. The van der Waals surface area contributed by atoms with Gasteiger partial charge in [0.15, 0.2) is 0 Å². The largest absolute Gasteiger partial charge is 0.516 e. The minimum atomic E-state index is -5.72. The number of carbonyl (C=O) groups excluding carboxylic acids is 1. The average molecular weight is 324 g/mol. The average Bonchev–Trinajstić information content (AvgIpc) is 2.35. The van der Waals surface area contributed by atoms with E-state index >= 15 is 0 Å². The van der Waals surface area contributed by atoms with Crippen LogP contribution in [-0.2, 0) is 16.4 Å². The number of halogens is 3. The van der Waals surface area contributed by atoms with Crippen LogP contribution in [0.5, 0.6) is 0 Å². The van der Waals surface area contributed by atoms with Crippen molar-refractivity contribution in [2.75, 3.05) is 0 Å². The van der Waals surface area contributed by atoms with Crippen molar-refractivity contribution in [3.63, 3.8) is 0 Å². The Morgan fingerprint density at radius 2 is 1.95 bits per heavy atom. The van der Waals surface area contributed by atoms with Gasteiger partial charge in [-0.3, -0.25) is 4.79 Å². The molecule has 9 heteroatoms. The highest BCUT2D eigenvalue weighted by molar-refractivity contribution is 7.90. The molecule has 0 saturated heterocycles. The number of nitrogens with zero attached hydrogens (tertiary/aromatic N) is 1. The maximum absolute atomic E-state index is 12.2. The molecule has 0 atom stereocenters. The van der Waals surface area contributed by atoms with Gasteiger partial charge in [0.1, 0.15) is 5.69 Å². The van der Waals surface area contributed by atoms with Crippen molar-refractivity contribution < 1.29 is 26.4 Å². The maximum atomic E-state index is 12.2. The second-order valence-corrected chi connectivity index (χ2v) is 6.50. The van der Waals surface area contributed by atoms with E-state index in [-0.39, 0.29) is 5.69 Å². The predicted octanol–water partition coefficient (Wildman–Crippen LogP) is 2.25. The Labute approximate surface area is 120 Å². The maximum Gasteiger partial charge on any atom is 0.516 e. The zero-order valence-corrected chi connectivity index (χ0v) is 12.3. The molecule has 0 aliphatic heterocycles. The van der Waals surface area contributed by atoms with Crippen molar-refractivity contribution in [2.45, 2.75) is 32.2 Å². The minimum absolute atomic E-state index is 0.371. The Morgan fingerprint density at radius 1 is 1.33 bits per heavy atom. The van der Waals surface area contributed by atoms with Gasteiger partial charge in [-0.2, -0.15) is 21.6 Å². The summed E-state index contributed by atoms with van der Waals surface area (Å²) in [5.74, 6) is -1.01. The lowest BCUT2D eigenvalue weighted by Gasteiger charge is -2.10. The monoisotopic (exact) mass is 324 g/mol. The fourth-order valence-electron chi connectivity index (χ4n) is 1.41. The molecule has 1 heterocycles. The number of rotatable bonds is 5. The smallest absolute Gasteiger partial charge is 0.266 e. The minimum Gasteiger partial charge on any atom is -0.266 e. The first-order valence-electron chi connectivity index (χ1n) is 6.12. The molecule has 21 heavy (non-hydrogen) atoms. The summed E-state index contributed by atoms with van der Waals surface area (Å²) >= 11 is 0. The van der Waals surface area contributed by atoms with Crippen LogP contribution >= 0.6 is 0 Å². The van der Waals surface area contributed by atoms with Gasteiger partial charge in [0.2, 0.25) is 0 Å². The first-order chi connectivity index (χ1) is 9.53. The molecule has 0 saturated carbocycles. The molecule has 1 aromatic rings. The predicted molar refractivity (Wildman–Crippen MR) is 69.8 cm³/mol. The SMILES string of the molecule is CC(C)CCc1cccc(C(=O)NS(=O)(=O)C(F)(F)F)n1. The number of nitrogens with one attached hydrogen (secondary N) is 1. The van der Waals surface area contributed by atoms with Crippen LogP contribution in [0.4, 0.5) is 13.2 Å². The van der Waals surface area contributed by atoms with Gasteiger partial charge in [0.05, 0.1) is 0 Å². The van der Waals surface area contributed by atoms with Crippen molar-refractivity contribution in [3.05, 3.63) is 29.6 Å². The Balaban J connectivity index is 2.87. The fraction of sp³-hybridized carbons (Fsp3) is 0.500. The van der Waals surface area contributed by atoms with E-state index in [0.29, 0.717) is 18.0 Å². The van der Waals surface area contributed by atoms with Gasteiger partial charge < -0.3 is 0 Å². The molecule has 1 amide bonds. The quantitative estimate of drug-likeness (QED) is 0.901. The van der Waals surface area contributed by atoms with E-state index in [1.54, 1.807) is 6.07 Å². The lowest BCUT2D eigenvalue weighted by atomic mass is 10.1. The van der Waals surface area contributed by atoms with Crippen molar-refractivity contribution in [1.82, 2.24) is 9.71 Å². The molecule has 5 nitrogen and oxygen atoms in total.